The number of rotatable bonds is 4. The summed E-state index contributed by atoms with van der Waals surface area (Å²) in [5.74, 6) is -1.03. The molecule has 36 heavy (non-hydrogen) atoms. The van der Waals surface area contributed by atoms with Gasteiger partial charge >= 0.3 is 0 Å². The number of anilines is 1. The maximum Gasteiger partial charge on any atom is 0.272 e. The lowest BCUT2D eigenvalue weighted by atomic mass is 9.91. The van der Waals surface area contributed by atoms with Gasteiger partial charge in [-0.25, -0.2) is 9.37 Å². The summed E-state index contributed by atoms with van der Waals surface area (Å²) in [5.41, 5.74) is 8.29. The Kier molecular flexibility index (Phi) is 5.83. The fourth-order valence-corrected chi connectivity index (χ4v) is 5.63. The van der Waals surface area contributed by atoms with Gasteiger partial charge in [0.1, 0.15) is 11.6 Å². The second kappa shape index (κ2) is 8.91. The lowest BCUT2D eigenvalue weighted by Crippen LogP contribution is -2.47. The van der Waals surface area contributed by atoms with E-state index in [4.69, 9.17) is 31.8 Å². The normalized spacial score (nSPS) is 22.9. The number of nitrogens with two attached hydrogens (primary N) is 1. The van der Waals surface area contributed by atoms with E-state index in [2.05, 4.69) is 15.5 Å². The van der Waals surface area contributed by atoms with Crippen LogP contribution in [0.5, 0.6) is 0 Å². The highest BCUT2D eigenvalue weighted by molar-refractivity contribution is 6.35. The van der Waals surface area contributed by atoms with E-state index in [1.807, 2.05) is 16.4 Å². The second-order valence-electron chi connectivity index (χ2n) is 9.53. The van der Waals surface area contributed by atoms with Crippen molar-refractivity contribution in [1.29, 1.82) is 0 Å². The van der Waals surface area contributed by atoms with Gasteiger partial charge in [0.15, 0.2) is 11.3 Å². The monoisotopic (exact) mass is 515 g/mol. The van der Waals surface area contributed by atoms with Crippen molar-refractivity contribution >= 4 is 34.4 Å². The molecule has 0 saturated carbocycles. The molecule has 0 radical (unpaired) electrons. The summed E-state index contributed by atoms with van der Waals surface area (Å²) in [5, 5.41) is 12.4. The van der Waals surface area contributed by atoms with Crippen LogP contribution in [0.4, 0.5) is 10.2 Å². The van der Waals surface area contributed by atoms with Gasteiger partial charge < -0.3 is 30.0 Å². The Morgan fingerprint density at radius 2 is 2.14 bits per heavy atom. The van der Waals surface area contributed by atoms with Gasteiger partial charge in [-0.1, -0.05) is 11.6 Å². The number of pyridine rings is 1. The predicted molar refractivity (Wildman–Crippen MR) is 131 cm³/mol. The molecule has 3 N–H and O–H groups in total. The van der Waals surface area contributed by atoms with E-state index in [1.165, 1.54) is 6.07 Å². The Morgan fingerprint density at radius 3 is 2.92 bits per heavy atom. The average molecular weight is 516 g/mol. The lowest BCUT2D eigenvalue weighted by molar-refractivity contribution is -0.147. The summed E-state index contributed by atoms with van der Waals surface area (Å²) in [6.07, 6.45) is 3.29. The van der Waals surface area contributed by atoms with E-state index in [1.54, 1.807) is 12.3 Å². The molecule has 3 aliphatic rings. The molecule has 2 unspecified atom stereocenters. The highest BCUT2D eigenvalue weighted by Crippen LogP contribution is 2.34. The Hall–Kier alpha value is -2.86. The first-order valence-electron chi connectivity index (χ1n) is 12.2. The number of fused-ring (bicyclic) bond motifs is 2. The summed E-state index contributed by atoms with van der Waals surface area (Å²) in [4.78, 5) is 19.6. The van der Waals surface area contributed by atoms with E-state index in [0.717, 1.165) is 0 Å². The Balaban J connectivity index is 1.16. The fraction of sp³-hybridized carbons (Fsp3) is 0.500. The summed E-state index contributed by atoms with van der Waals surface area (Å²) in [6, 6.07) is 2.49. The van der Waals surface area contributed by atoms with Gasteiger partial charge in [0, 0.05) is 48.0 Å². The van der Waals surface area contributed by atoms with Crippen LogP contribution in [0.25, 0.3) is 11.0 Å². The van der Waals surface area contributed by atoms with Crippen molar-refractivity contribution in [3.05, 3.63) is 46.1 Å². The number of carbonyl (C=O) groups is 1. The van der Waals surface area contributed by atoms with Crippen molar-refractivity contribution in [1.82, 2.24) is 25.1 Å². The van der Waals surface area contributed by atoms with Gasteiger partial charge in [-0.3, -0.25) is 4.79 Å². The van der Waals surface area contributed by atoms with Crippen molar-refractivity contribution in [2.24, 2.45) is 5.73 Å². The Labute approximate surface area is 211 Å². The van der Waals surface area contributed by atoms with E-state index >= 15 is 4.39 Å². The zero-order valence-corrected chi connectivity index (χ0v) is 20.6. The summed E-state index contributed by atoms with van der Waals surface area (Å²) >= 11 is 6.31. The number of carbonyl (C=O) groups excluding carboxylic acids is 1. The number of aryl methyl sites for hydroxylation is 2. The molecule has 1 spiro atoms. The molecule has 5 heterocycles. The maximum atomic E-state index is 15.2. The van der Waals surface area contributed by atoms with Crippen LogP contribution in [0, 0.1) is 5.82 Å². The highest BCUT2D eigenvalue weighted by Gasteiger charge is 2.50. The zero-order valence-electron chi connectivity index (χ0n) is 19.8. The molecule has 2 saturated heterocycles. The first-order chi connectivity index (χ1) is 17.4. The Morgan fingerprint density at radius 1 is 1.33 bits per heavy atom. The van der Waals surface area contributed by atoms with Crippen LogP contribution in [0.15, 0.2) is 18.3 Å². The quantitative estimate of drug-likeness (QED) is 0.540. The zero-order chi connectivity index (χ0) is 25.0. The van der Waals surface area contributed by atoms with Gasteiger partial charge in [0.25, 0.3) is 5.91 Å². The maximum absolute atomic E-state index is 15.2. The predicted octanol–water partition coefficient (Wildman–Crippen LogP) is 1.82. The number of amides is 1. The third-order valence-corrected chi connectivity index (χ3v) is 7.60. The minimum absolute atomic E-state index is 0.175. The molecule has 3 aromatic heterocycles. The lowest BCUT2D eigenvalue weighted by Gasteiger charge is -2.27. The molecule has 2 atom stereocenters. The third kappa shape index (κ3) is 3.90. The molecule has 2 aliphatic heterocycles. The number of halogens is 2. The molecule has 10 nitrogen and oxygen atoms in total. The third-order valence-electron chi connectivity index (χ3n) is 7.30. The van der Waals surface area contributed by atoms with Crippen LogP contribution in [0.3, 0.4) is 0 Å². The number of nitrogens with one attached hydrogen (secondary N) is 1. The molecular weight excluding hydrogens is 489 g/mol. The Bertz CT molecular complexity index is 1340. The summed E-state index contributed by atoms with van der Waals surface area (Å²) in [6.45, 7) is 4.55. The van der Waals surface area contributed by atoms with Crippen LogP contribution < -0.4 is 16.0 Å². The van der Waals surface area contributed by atoms with Gasteiger partial charge in [-0.05, 0) is 32.3 Å². The van der Waals surface area contributed by atoms with Crippen LogP contribution in [0.2, 0.25) is 5.02 Å². The van der Waals surface area contributed by atoms with Gasteiger partial charge in [-0.2, -0.15) is 0 Å². The summed E-state index contributed by atoms with van der Waals surface area (Å²) < 4.78 is 28.6. The van der Waals surface area contributed by atoms with Crippen molar-refractivity contribution in [3.8, 4) is 0 Å². The SMILES string of the molecule is CCn1cc(Cl)c2cc(C(=O)NC3CCc4nc(N5CC(N)C6(C5)OCCO6)cc(F)c4C3)nnc21. The molecular formula is C24H27ClFN7O3. The molecule has 6 rings (SSSR count). The van der Waals surface area contributed by atoms with Crippen molar-refractivity contribution < 1.29 is 18.7 Å². The number of nitrogens with zero attached hydrogens (tertiary/aromatic N) is 5. The first-order valence-corrected chi connectivity index (χ1v) is 12.5. The number of aromatic nitrogens is 4. The van der Waals surface area contributed by atoms with E-state index < -0.39 is 5.79 Å². The van der Waals surface area contributed by atoms with Crippen LogP contribution in [-0.4, -0.2) is 69.8 Å². The standard InChI is InChI=1S/C24H27ClFN7O3/c1-2-32-10-16(25)14-8-19(30-31-22(14)32)23(34)28-13-3-4-18-15(7-13)17(26)9-21(29-18)33-11-20(27)24(12-33)35-5-6-36-24/h8-10,13,20H,2-7,11-12,27H2,1H3,(H,28,34). The smallest absolute Gasteiger partial charge is 0.272 e. The van der Waals surface area contributed by atoms with E-state index in [0.29, 0.717) is 85.2 Å². The molecule has 190 valence electrons. The van der Waals surface area contributed by atoms with Crippen LogP contribution >= 0.6 is 11.6 Å². The minimum atomic E-state index is -0.848. The first kappa shape index (κ1) is 23.5. The van der Waals surface area contributed by atoms with E-state index in [9.17, 15) is 4.79 Å². The van der Waals surface area contributed by atoms with Gasteiger partial charge in [0.05, 0.1) is 30.8 Å². The molecule has 12 heteroatoms. The van der Waals surface area contributed by atoms with Crippen LogP contribution in [0.1, 0.15) is 35.1 Å². The van der Waals surface area contributed by atoms with E-state index in [-0.39, 0.29) is 29.5 Å². The average Bonchev–Trinajstić information content (AvgIpc) is 3.57. The largest absolute Gasteiger partial charge is 0.349 e. The molecule has 0 aromatic carbocycles. The van der Waals surface area contributed by atoms with Crippen molar-refractivity contribution in [2.45, 2.75) is 50.6 Å². The number of hydrogen-bond donors (Lipinski definition) is 2. The van der Waals surface area contributed by atoms with Gasteiger partial charge in [-0.15, -0.1) is 10.2 Å². The molecule has 3 aromatic rings. The number of ether oxygens (including phenoxy) is 2. The second-order valence-corrected chi connectivity index (χ2v) is 9.93. The minimum Gasteiger partial charge on any atom is -0.349 e. The topological polar surface area (TPSA) is 120 Å². The van der Waals surface area contributed by atoms with Crippen LogP contribution in [-0.2, 0) is 28.9 Å². The fourth-order valence-electron chi connectivity index (χ4n) is 5.37. The molecule has 2 fully saturated rings. The van der Waals surface area contributed by atoms with Gasteiger partial charge in [0.2, 0.25) is 5.79 Å². The van der Waals surface area contributed by atoms with Crippen molar-refractivity contribution in [2.75, 3.05) is 31.2 Å². The molecule has 1 amide bonds. The molecule has 1 aliphatic carbocycles. The highest BCUT2D eigenvalue weighted by atomic mass is 35.5. The van der Waals surface area contributed by atoms with Crippen molar-refractivity contribution in [3.63, 3.8) is 0 Å². The number of hydrogen-bond acceptors (Lipinski definition) is 8. The molecule has 0 bridgehead atoms. The summed E-state index contributed by atoms with van der Waals surface area (Å²) in [7, 11) is 0.